The smallest absolute Gasteiger partial charge is 0.284 e. The molecule has 0 bridgehead atoms. The van der Waals surface area contributed by atoms with Gasteiger partial charge < -0.3 is 9.73 Å². The Bertz CT molecular complexity index is 644. The molecule has 1 N–H and O–H groups in total. The predicted octanol–water partition coefficient (Wildman–Crippen LogP) is 4.65. The average Bonchev–Trinajstić information content (AvgIpc) is 3.09. The maximum atomic E-state index is 13.2. The molecule has 0 aliphatic heterocycles. The number of aryl methyl sites for hydroxylation is 1. The molecule has 1 aromatic carbocycles. The highest BCUT2D eigenvalue weighted by molar-refractivity contribution is 7.98. The third-order valence-electron chi connectivity index (χ3n) is 3.77. The van der Waals surface area contributed by atoms with Crippen LogP contribution >= 0.6 is 11.8 Å². The quantitative estimate of drug-likeness (QED) is 0.836. The van der Waals surface area contributed by atoms with Gasteiger partial charge in [-0.2, -0.15) is 8.78 Å². The standard InChI is InChI=1S/C16H16F3NOS/c17-11-2-5-14-10(7-11)1-6-15(14)20-8-12-3-4-13(21-12)9-22-16(18)19/h2-5,7,15-16,20H,1,6,8-9H2. The highest BCUT2D eigenvalue weighted by Crippen LogP contribution is 2.31. The van der Waals surface area contributed by atoms with E-state index in [0.29, 0.717) is 24.1 Å². The molecule has 0 spiro atoms. The molecule has 118 valence electrons. The molecule has 0 fully saturated rings. The van der Waals surface area contributed by atoms with Gasteiger partial charge in [0.15, 0.2) is 0 Å². The third-order valence-corrected chi connectivity index (χ3v) is 4.48. The van der Waals surface area contributed by atoms with E-state index in [-0.39, 0.29) is 17.6 Å². The Balaban J connectivity index is 1.56. The van der Waals surface area contributed by atoms with Gasteiger partial charge in [-0.1, -0.05) is 17.8 Å². The Kier molecular flexibility index (Phi) is 4.78. The van der Waals surface area contributed by atoms with E-state index in [0.717, 1.165) is 29.7 Å². The van der Waals surface area contributed by atoms with Gasteiger partial charge in [-0.05, 0) is 48.2 Å². The van der Waals surface area contributed by atoms with Crippen LogP contribution in [0.4, 0.5) is 13.2 Å². The lowest BCUT2D eigenvalue weighted by Crippen LogP contribution is -2.18. The zero-order chi connectivity index (χ0) is 15.5. The number of halogens is 3. The molecule has 1 heterocycles. The van der Waals surface area contributed by atoms with Crippen LogP contribution in [-0.2, 0) is 18.7 Å². The number of rotatable bonds is 6. The second kappa shape index (κ2) is 6.79. The monoisotopic (exact) mass is 327 g/mol. The maximum absolute atomic E-state index is 13.2. The fourth-order valence-corrected chi connectivity index (χ4v) is 3.21. The van der Waals surface area contributed by atoms with Crippen LogP contribution in [0, 0.1) is 5.82 Å². The van der Waals surface area contributed by atoms with Gasteiger partial charge in [0.25, 0.3) is 5.76 Å². The highest BCUT2D eigenvalue weighted by Gasteiger charge is 2.22. The second-order valence-corrected chi connectivity index (χ2v) is 6.23. The number of hydrogen-bond donors (Lipinski definition) is 1. The normalized spacial score (nSPS) is 17.2. The summed E-state index contributed by atoms with van der Waals surface area (Å²) in [5.41, 5.74) is 2.17. The van der Waals surface area contributed by atoms with Crippen LogP contribution in [0.25, 0.3) is 0 Å². The molecular weight excluding hydrogens is 311 g/mol. The van der Waals surface area contributed by atoms with Gasteiger partial charge >= 0.3 is 0 Å². The molecule has 1 unspecified atom stereocenters. The molecular formula is C16H16F3NOS. The fraction of sp³-hybridized carbons (Fsp3) is 0.375. The number of nitrogens with one attached hydrogen (secondary N) is 1. The van der Waals surface area contributed by atoms with Crippen molar-refractivity contribution in [2.45, 2.75) is 36.9 Å². The molecule has 6 heteroatoms. The lowest BCUT2D eigenvalue weighted by Gasteiger charge is -2.13. The molecule has 0 saturated heterocycles. The van der Waals surface area contributed by atoms with Crippen LogP contribution in [-0.4, -0.2) is 5.76 Å². The van der Waals surface area contributed by atoms with Crippen LogP contribution in [0.2, 0.25) is 0 Å². The zero-order valence-corrected chi connectivity index (χ0v) is 12.6. The first-order valence-electron chi connectivity index (χ1n) is 7.11. The van der Waals surface area contributed by atoms with Gasteiger partial charge in [0.2, 0.25) is 0 Å². The van der Waals surface area contributed by atoms with Crippen molar-refractivity contribution >= 4 is 11.8 Å². The largest absolute Gasteiger partial charge is 0.464 e. The highest BCUT2D eigenvalue weighted by atomic mass is 32.2. The lowest BCUT2D eigenvalue weighted by molar-refractivity contribution is 0.251. The molecule has 1 atom stereocenters. The van der Waals surface area contributed by atoms with Crippen molar-refractivity contribution in [1.82, 2.24) is 5.32 Å². The SMILES string of the molecule is Fc1ccc2c(c1)CCC2NCc1ccc(CSC(F)F)o1. The van der Waals surface area contributed by atoms with Gasteiger partial charge in [-0.3, -0.25) is 0 Å². The Labute approximate surface area is 131 Å². The Hall–Kier alpha value is -1.40. The summed E-state index contributed by atoms with van der Waals surface area (Å²) in [5, 5.41) is 3.38. The van der Waals surface area contributed by atoms with E-state index in [1.54, 1.807) is 18.2 Å². The minimum Gasteiger partial charge on any atom is -0.464 e. The van der Waals surface area contributed by atoms with Gasteiger partial charge in [0, 0.05) is 6.04 Å². The van der Waals surface area contributed by atoms with Crippen molar-refractivity contribution in [3.8, 4) is 0 Å². The zero-order valence-electron chi connectivity index (χ0n) is 11.8. The summed E-state index contributed by atoms with van der Waals surface area (Å²) >= 11 is 0.550. The first-order chi connectivity index (χ1) is 10.6. The van der Waals surface area contributed by atoms with Crippen molar-refractivity contribution in [1.29, 1.82) is 0 Å². The summed E-state index contributed by atoms with van der Waals surface area (Å²) in [4.78, 5) is 0. The van der Waals surface area contributed by atoms with Gasteiger partial charge in [-0.15, -0.1) is 0 Å². The molecule has 22 heavy (non-hydrogen) atoms. The molecule has 3 rings (SSSR count). The summed E-state index contributed by atoms with van der Waals surface area (Å²) in [6.07, 6.45) is 1.78. The summed E-state index contributed by atoms with van der Waals surface area (Å²) in [7, 11) is 0. The fourth-order valence-electron chi connectivity index (χ4n) is 2.76. The molecule has 0 amide bonds. The van der Waals surface area contributed by atoms with E-state index in [2.05, 4.69) is 5.32 Å². The summed E-state index contributed by atoms with van der Waals surface area (Å²) in [6, 6.07) is 8.59. The second-order valence-electron chi connectivity index (χ2n) is 5.25. The maximum Gasteiger partial charge on any atom is 0.284 e. The van der Waals surface area contributed by atoms with Crippen LogP contribution < -0.4 is 5.32 Å². The van der Waals surface area contributed by atoms with Crippen molar-refractivity contribution in [3.63, 3.8) is 0 Å². The Morgan fingerprint density at radius 3 is 2.86 bits per heavy atom. The Morgan fingerprint density at radius 2 is 2.05 bits per heavy atom. The molecule has 2 aromatic rings. The van der Waals surface area contributed by atoms with Gasteiger partial charge in [0.05, 0.1) is 12.3 Å². The molecule has 1 aliphatic carbocycles. The summed E-state index contributed by atoms with van der Waals surface area (Å²) in [5.74, 6) is -1.14. The van der Waals surface area contributed by atoms with E-state index in [1.165, 1.54) is 6.07 Å². The molecule has 0 saturated carbocycles. The topological polar surface area (TPSA) is 25.2 Å². The number of benzene rings is 1. The van der Waals surface area contributed by atoms with E-state index in [4.69, 9.17) is 4.42 Å². The van der Waals surface area contributed by atoms with Gasteiger partial charge in [0.1, 0.15) is 17.3 Å². The first-order valence-corrected chi connectivity index (χ1v) is 8.16. The number of hydrogen-bond acceptors (Lipinski definition) is 3. The van der Waals surface area contributed by atoms with Crippen molar-refractivity contribution in [2.24, 2.45) is 0 Å². The lowest BCUT2D eigenvalue weighted by atomic mass is 10.1. The minimum absolute atomic E-state index is 0.170. The molecule has 0 radical (unpaired) electrons. The predicted molar refractivity (Wildman–Crippen MR) is 80.3 cm³/mol. The van der Waals surface area contributed by atoms with Crippen molar-refractivity contribution < 1.29 is 17.6 Å². The first kappa shape index (κ1) is 15.5. The molecule has 2 nitrogen and oxygen atoms in total. The molecule has 1 aliphatic rings. The van der Waals surface area contributed by atoms with Crippen molar-refractivity contribution in [2.75, 3.05) is 0 Å². The summed E-state index contributed by atoms with van der Waals surface area (Å²) in [6.45, 7) is 0.529. The Morgan fingerprint density at radius 1 is 1.23 bits per heavy atom. The van der Waals surface area contributed by atoms with Crippen LogP contribution in [0.3, 0.4) is 0 Å². The third kappa shape index (κ3) is 3.67. The van der Waals surface area contributed by atoms with E-state index in [1.807, 2.05) is 6.07 Å². The van der Waals surface area contributed by atoms with Crippen LogP contribution in [0.15, 0.2) is 34.7 Å². The number of fused-ring (bicyclic) bond motifs is 1. The average molecular weight is 327 g/mol. The number of alkyl halides is 2. The van der Waals surface area contributed by atoms with E-state index >= 15 is 0 Å². The summed E-state index contributed by atoms with van der Waals surface area (Å²) < 4.78 is 43.0. The van der Waals surface area contributed by atoms with Crippen LogP contribution in [0.1, 0.15) is 35.1 Å². The van der Waals surface area contributed by atoms with Gasteiger partial charge in [-0.25, -0.2) is 4.39 Å². The van der Waals surface area contributed by atoms with Crippen molar-refractivity contribution in [3.05, 3.63) is 58.8 Å². The minimum atomic E-state index is -2.39. The molecule has 1 aromatic heterocycles. The van der Waals surface area contributed by atoms with Crippen LogP contribution in [0.5, 0.6) is 0 Å². The van der Waals surface area contributed by atoms with E-state index < -0.39 is 5.76 Å². The number of thioether (sulfide) groups is 1. The number of furan rings is 1. The van der Waals surface area contributed by atoms with E-state index in [9.17, 15) is 13.2 Å².